The third-order valence-electron chi connectivity index (χ3n) is 5.92. The first-order valence-electron chi connectivity index (χ1n) is 10.4. The molecule has 0 heterocycles. The number of rotatable bonds is 0. The highest BCUT2D eigenvalue weighted by atomic mass is 14.7. The Labute approximate surface area is 186 Å². The Hall–Kier alpha value is -4.44. The van der Waals surface area contributed by atoms with Gasteiger partial charge in [-0.1, -0.05) is 78.9 Å². The zero-order valence-electron chi connectivity index (χ0n) is 17.5. The molecule has 0 aromatic heterocycles. The van der Waals surface area contributed by atoms with Crippen molar-refractivity contribution in [3.8, 4) is 0 Å². The molecule has 0 spiro atoms. The van der Waals surface area contributed by atoms with Crippen LogP contribution in [0.25, 0.3) is 43.1 Å². The molecule has 0 saturated heterocycles. The maximum absolute atomic E-state index is 5.98. The molecule has 0 saturated carbocycles. The Balaban J connectivity index is 0.000000135. The highest BCUT2D eigenvalue weighted by Gasteiger charge is 2.05. The monoisotopic (exact) mass is 416 g/mol. The fourth-order valence-electron chi connectivity index (χ4n) is 4.30. The van der Waals surface area contributed by atoms with Crippen LogP contribution >= 0.6 is 0 Å². The van der Waals surface area contributed by atoms with Gasteiger partial charge in [0.05, 0.1) is 11.4 Å². The Kier molecular flexibility index (Phi) is 4.68. The fraction of sp³-hybridized carbons (Fsp3) is 0. The van der Waals surface area contributed by atoms with E-state index < -0.39 is 0 Å². The molecule has 0 amide bonds. The molecule has 156 valence electrons. The van der Waals surface area contributed by atoms with Gasteiger partial charge in [-0.25, -0.2) is 0 Å². The number of anilines is 4. The van der Waals surface area contributed by atoms with E-state index in [-0.39, 0.29) is 0 Å². The van der Waals surface area contributed by atoms with Gasteiger partial charge in [-0.15, -0.1) is 0 Å². The summed E-state index contributed by atoms with van der Waals surface area (Å²) >= 11 is 0. The Bertz CT molecular complexity index is 1620. The first kappa shape index (κ1) is 19.5. The second-order valence-corrected chi connectivity index (χ2v) is 7.94. The SMILES string of the molecule is Nc1cc(N)c2ccc3ccccc3c2c1.Nc1ccc2c(ccc3ccccc32)c1N. The van der Waals surface area contributed by atoms with Crippen LogP contribution in [-0.2, 0) is 0 Å². The van der Waals surface area contributed by atoms with Crippen LogP contribution in [-0.4, -0.2) is 0 Å². The summed E-state index contributed by atoms with van der Waals surface area (Å²) in [6, 6.07) is 32.4. The van der Waals surface area contributed by atoms with Gasteiger partial charge < -0.3 is 22.9 Å². The van der Waals surface area contributed by atoms with Gasteiger partial charge in [-0.3, -0.25) is 0 Å². The van der Waals surface area contributed by atoms with Crippen molar-refractivity contribution in [2.24, 2.45) is 0 Å². The van der Waals surface area contributed by atoms with Crippen molar-refractivity contribution in [3.05, 3.63) is 97.1 Å². The molecule has 4 heteroatoms. The van der Waals surface area contributed by atoms with Crippen molar-refractivity contribution in [2.75, 3.05) is 22.9 Å². The minimum atomic E-state index is 0.641. The van der Waals surface area contributed by atoms with Crippen LogP contribution < -0.4 is 22.9 Å². The molecule has 0 atom stereocenters. The number of benzene rings is 6. The molecule has 0 unspecified atom stereocenters. The Morgan fingerprint density at radius 1 is 0.375 bits per heavy atom. The minimum Gasteiger partial charge on any atom is -0.399 e. The summed E-state index contributed by atoms with van der Waals surface area (Å²) in [4.78, 5) is 0. The summed E-state index contributed by atoms with van der Waals surface area (Å²) in [5.41, 5.74) is 26.4. The first-order valence-corrected chi connectivity index (χ1v) is 10.4. The average molecular weight is 417 g/mol. The largest absolute Gasteiger partial charge is 0.399 e. The van der Waals surface area contributed by atoms with E-state index in [0.29, 0.717) is 17.1 Å². The van der Waals surface area contributed by atoms with E-state index in [1.165, 1.54) is 21.5 Å². The molecule has 0 aliphatic carbocycles. The highest BCUT2D eigenvalue weighted by Crippen LogP contribution is 2.32. The van der Waals surface area contributed by atoms with E-state index in [2.05, 4.69) is 36.4 Å². The van der Waals surface area contributed by atoms with E-state index in [1.807, 2.05) is 54.6 Å². The summed E-state index contributed by atoms with van der Waals surface area (Å²) < 4.78 is 0. The third kappa shape index (κ3) is 3.28. The van der Waals surface area contributed by atoms with Crippen LogP contribution in [0, 0.1) is 0 Å². The van der Waals surface area contributed by atoms with Crippen molar-refractivity contribution >= 4 is 65.8 Å². The molecule has 0 radical (unpaired) electrons. The second kappa shape index (κ2) is 7.67. The topological polar surface area (TPSA) is 104 Å². The standard InChI is InChI=1S/2C14H12N2/c15-10-7-13-11-4-2-1-3-9(11)5-6-12(13)14(16)8-10;15-13-8-7-11-10-4-2-1-3-9(10)5-6-12(11)14(13)16/h2*1-8H,15-16H2. The van der Waals surface area contributed by atoms with Crippen molar-refractivity contribution in [3.63, 3.8) is 0 Å². The zero-order valence-corrected chi connectivity index (χ0v) is 17.5. The predicted octanol–water partition coefficient (Wildman–Crippen LogP) is 6.31. The lowest BCUT2D eigenvalue weighted by atomic mass is 10.0. The van der Waals surface area contributed by atoms with Crippen molar-refractivity contribution in [2.45, 2.75) is 0 Å². The number of nitrogens with two attached hydrogens (primary N) is 4. The van der Waals surface area contributed by atoms with Crippen molar-refractivity contribution in [1.29, 1.82) is 0 Å². The zero-order chi connectivity index (χ0) is 22.2. The van der Waals surface area contributed by atoms with Crippen molar-refractivity contribution in [1.82, 2.24) is 0 Å². The van der Waals surface area contributed by atoms with Gasteiger partial charge in [-0.2, -0.15) is 0 Å². The van der Waals surface area contributed by atoms with Gasteiger partial charge >= 0.3 is 0 Å². The predicted molar refractivity (Wildman–Crippen MR) is 141 cm³/mol. The molecule has 4 nitrogen and oxygen atoms in total. The van der Waals surface area contributed by atoms with Gasteiger partial charge in [0.25, 0.3) is 0 Å². The highest BCUT2D eigenvalue weighted by molar-refractivity contribution is 6.13. The summed E-state index contributed by atoms with van der Waals surface area (Å²) in [5, 5.41) is 9.21. The van der Waals surface area contributed by atoms with Gasteiger partial charge in [0.1, 0.15) is 0 Å². The summed E-state index contributed by atoms with van der Waals surface area (Å²) in [6.45, 7) is 0. The van der Waals surface area contributed by atoms with Gasteiger partial charge in [0.2, 0.25) is 0 Å². The van der Waals surface area contributed by atoms with Crippen LogP contribution in [0.3, 0.4) is 0 Å². The molecule has 6 rings (SSSR count). The van der Waals surface area contributed by atoms with Gasteiger partial charge in [-0.05, 0) is 50.5 Å². The number of hydrogen-bond donors (Lipinski definition) is 4. The lowest BCUT2D eigenvalue weighted by Crippen LogP contribution is -1.95. The summed E-state index contributed by atoms with van der Waals surface area (Å²) in [7, 11) is 0. The molecular formula is C28H24N4. The Morgan fingerprint density at radius 2 is 0.938 bits per heavy atom. The van der Waals surface area contributed by atoms with E-state index in [0.717, 1.165) is 27.2 Å². The van der Waals surface area contributed by atoms with Crippen LogP contribution in [0.1, 0.15) is 0 Å². The van der Waals surface area contributed by atoms with Gasteiger partial charge in [0, 0.05) is 22.1 Å². The summed E-state index contributed by atoms with van der Waals surface area (Å²) in [6.07, 6.45) is 0. The van der Waals surface area contributed by atoms with Crippen LogP contribution in [0.4, 0.5) is 22.7 Å². The molecule has 0 bridgehead atoms. The molecule has 6 aromatic rings. The molecule has 0 aliphatic heterocycles. The lowest BCUT2D eigenvalue weighted by Gasteiger charge is -2.08. The number of fused-ring (bicyclic) bond motifs is 6. The fourth-order valence-corrected chi connectivity index (χ4v) is 4.30. The third-order valence-corrected chi connectivity index (χ3v) is 5.92. The first-order chi connectivity index (χ1) is 15.5. The smallest absolute Gasteiger partial charge is 0.0627 e. The number of hydrogen-bond acceptors (Lipinski definition) is 4. The molecule has 6 aromatic carbocycles. The maximum atomic E-state index is 5.98. The van der Waals surface area contributed by atoms with E-state index in [4.69, 9.17) is 22.9 Å². The minimum absolute atomic E-state index is 0.641. The van der Waals surface area contributed by atoms with Crippen LogP contribution in [0.15, 0.2) is 97.1 Å². The maximum Gasteiger partial charge on any atom is 0.0627 e. The van der Waals surface area contributed by atoms with Crippen LogP contribution in [0.2, 0.25) is 0 Å². The summed E-state index contributed by atoms with van der Waals surface area (Å²) in [5.74, 6) is 0. The van der Waals surface area contributed by atoms with E-state index in [1.54, 1.807) is 6.07 Å². The normalized spacial score (nSPS) is 11.0. The number of nitrogen functional groups attached to an aromatic ring is 4. The Morgan fingerprint density at radius 3 is 1.62 bits per heavy atom. The molecular weight excluding hydrogens is 392 g/mol. The van der Waals surface area contributed by atoms with Crippen LogP contribution in [0.5, 0.6) is 0 Å². The van der Waals surface area contributed by atoms with E-state index >= 15 is 0 Å². The quantitative estimate of drug-likeness (QED) is 0.172. The molecule has 0 fully saturated rings. The average Bonchev–Trinajstić information content (AvgIpc) is 2.81. The second-order valence-electron chi connectivity index (χ2n) is 7.94. The van der Waals surface area contributed by atoms with E-state index in [9.17, 15) is 0 Å². The van der Waals surface area contributed by atoms with Gasteiger partial charge in [0.15, 0.2) is 0 Å². The molecule has 0 aliphatic rings. The molecule has 32 heavy (non-hydrogen) atoms. The molecule has 8 N–H and O–H groups in total. The van der Waals surface area contributed by atoms with Crippen molar-refractivity contribution < 1.29 is 0 Å². The lowest BCUT2D eigenvalue weighted by molar-refractivity contribution is 1.72.